The summed E-state index contributed by atoms with van der Waals surface area (Å²) < 4.78 is 6.01. The van der Waals surface area contributed by atoms with E-state index < -0.39 is 0 Å². The first-order valence-corrected chi connectivity index (χ1v) is 9.10. The van der Waals surface area contributed by atoms with E-state index in [1.54, 1.807) is 0 Å². The van der Waals surface area contributed by atoms with Crippen LogP contribution in [0.25, 0.3) is 0 Å². The van der Waals surface area contributed by atoms with Gasteiger partial charge in [-0.1, -0.05) is 13.8 Å². The van der Waals surface area contributed by atoms with Crippen LogP contribution in [-0.2, 0) is 4.74 Å². The number of fused-ring (bicyclic) bond motifs is 1. The molecule has 132 valence electrons. The molecule has 5 nitrogen and oxygen atoms in total. The SMILES string of the molecule is CCN(CC)C[C@@H]1CO[C@H]2CN(C(=O)c3cc(C)nc(C)c3)C[C@@H]12. The van der Waals surface area contributed by atoms with Crippen molar-refractivity contribution in [2.75, 3.05) is 39.3 Å². The van der Waals surface area contributed by atoms with E-state index in [9.17, 15) is 4.79 Å². The molecule has 0 bridgehead atoms. The van der Waals surface area contributed by atoms with Gasteiger partial charge in [0, 0.05) is 48.4 Å². The van der Waals surface area contributed by atoms with Crippen LogP contribution in [0.3, 0.4) is 0 Å². The van der Waals surface area contributed by atoms with Crippen molar-refractivity contribution < 1.29 is 9.53 Å². The summed E-state index contributed by atoms with van der Waals surface area (Å²) in [6.45, 7) is 13.9. The number of hydrogen-bond acceptors (Lipinski definition) is 4. The highest BCUT2D eigenvalue weighted by atomic mass is 16.5. The Kier molecular flexibility index (Phi) is 5.21. The number of rotatable bonds is 5. The number of likely N-dealkylation sites (tertiary alicyclic amines) is 1. The fourth-order valence-electron chi connectivity index (χ4n) is 4.11. The maximum Gasteiger partial charge on any atom is 0.254 e. The number of aromatic nitrogens is 1. The van der Waals surface area contributed by atoms with E-state index in [-0.39, 0.29) is 12.0 Å². The minimum Gasteiger partial charge on any atom is -0.376 e. The third kappa shape index (κ3) is 3.47. The second-order valence-corrected chi connectivity index (χ2v) is 7.13. The van der Waals surface area contributed by atoms with Gasteiger partial charge in [-0.3, -0.25) is 9.78 Å². The first-order chi connectivity index (χ1) is 11.5. The summed E-state index contributed by atoms with van der Waals surface area (Å²) in [6, 6.07) is 3.77. The predicted molar refractivity (Wildman–Crippen MR) is 94.1 cm³/mol. The van der Waals surface area contributed by atoms with Crippen LogP contribution in [0.15, 0.2) is 12.1 Å². The van der Waals surface area contributed by atoms with Crippen molar-refractivity contribution >= 4 is 5.91 Å². The van der Waals surface area contributed by atoms with Crippen LogP contribution in [0, 0.1) is 25.7 Å². The van der Waals surface area contributed by atoms with Gasteiger partial charge in [-0.25, -0.2) is 0 Å². The van der Waals surface area contributed by atoms with Gasteiger partial charge in [-0.15, -0.1) is 0 Å². The molecule has 2 fully saturated rings. The molecule has 3 rings (SSSR count). The smallest absolute Gasteiger partial charge is 0.254 e. The van der Waals surface area contributed by atoms with Crippen LogP contribution in [0.5, 0.6) is 0 Å². The topological polar surface area (TPSA) is 45.7 Å². The van der Waals surface area contributed by atoms with Crippen LogP contribution >= 0.6 is 0 Å². The molecule has 0 spiro atoms. The Morgan fingerprint density at radius 2 is 1.92 bits per heavy atom. The van der Waals surface area contributed by atoms with E-state index in [0.717, 1.165) is 56.3 Å². The van der Waals surface area contributed by atoms with E-state index in [4.69, 9.17) is 4.74 Å². The minimum absolute atomic E-state index is 0.114. The summed E-state index contributed by atoms with van der Waals surface area (Å²) in [5.74, 6) is 1.12. The molecule has 1 aromatic heterocycles. The quantitative estimate of drug-likeness (QED) is 0.829. The first-order valence-electron chi connectivity index (χ1n) is 9.10. The van der Waals surface area contributed by atoms with Gasteiger partial charge in [0.1, 0.15) is 0 Å². The monoisotopic (exact) mass is 331 g/mol. The average Bonchev–Trinajstić information content (AvgIpc) is 3.12. The predicted octanol–water partition coefficient (Wildman–Crippen LogP) is 2.13. The van der Waals surface area contributed by atoms with E-state index in [2.05, 4.69) is 23.7 Å². The normalized spacial score (nSPS) is 26.2. The number of amides is 1. The number of carbonyl (C=O) groups is 1. The molecular weight excluding hydrogens is 302 g/mol. The van der Waals surface area contributed by atoms with Gasteiger partial charge in [-0.05, 0) is 39.1 Å². The highest BCUT2D eigenvalue weighted by molar-refractivity contribution is 5.94. The molecule has 3 atom stereocenters. The first kappa shape index (κ1) is 17.4. The Bertz CT molecular complexity index is 580. The van der Waals surface area contributed by atoms with Gasteiger partial charge < -0.3 is 14.5 Å². The second-order valence-electron chi connectivity index (χ2n) is 7.13. The highest BCUT2D eigenvalue weighted by Crippen LogP contribution is 2.34. The maximum absolute atomic E-state index is 12.9. The zero-order valence-electron chi connectivity index (χ0n) is 15.3. The fourth-order valence-corrected chi connectivity index (χ4v) is 4.11. The molecule has 2 saturated heterocycles. The second kappa shape index (κ2) is 7.19. The Morgan fingerprint density at radius 3 is 2.54 bits per heavy atom. The summed E-state index contributed by atoms with van der Waals surface area (Å²) in [4.78, 5) is 21.6. The molecule has 3 heterocycles. The van der Waals surface area contributed by atoms with Crippen molar-refractivity contribution in [1.29, 1.82) is 0 Å². The molecule has 2 aliphatic rings. The van der Waals surface area contributed by atoms with Crippen LogP contribution < -0.4 is 0 Å². The third-order valence-electron chi connectivity index (χ3n) is 5.44. The van der Waals surface area contributed by atoms with E-state index in [0.29, 0.717) is 11.8 Å². The zero-order chi connectivity index (χ0) is 17.3. The molecule has 1 amide bonds. The lowest BCUT2D eigenvalue weighted by Gasteiger charge is -2.25. The van der Waals surface area contributed by atoms with Crippen molar-refractivity contribution in [1.82, 2.24) is 14.8 Å². The summed E-state index contributed by atoms with van der Waals surface area (Å²) in [7, 11) is 0. The van der Waals surface area contributed by atoms with Gasteiger partial charge in [0.15, 0.2) is 0 Å². The number of ether oxygens (including phenoxy) is 1. The van der Waals surface area contributed by atoms with Crippen LogP contribution in [-0.4, -0.2) is 66.1 Å². The molecule has 2 aliphatic heterocycles. The van der Waals surface area contributed by atoms with Crippen molar-refractivity contribution in [3.05, 3.63) is 29.1 Å². The third-order valence-corrected chi connectivity index (χ3v) is 5.44. The molecule has 0 unspecified atom stereocenters. The molecule has 0 aromatic carbocycles. The Hall–Kier alpha value is -1.46. The van der Waals surface area contributed by atoms with Crippen molar-refractivity contribution in [3.63, 3.8) is 0 Å². The Labute approximate surface area is 145 Å². The van der Waals surface area contributed by atoms with Gasteiger partial charge in [0.25, 0.3) is 5.91 Å². The van der Waals surface area contributed by atoms with Gasteiger partial charge in [0.05, 0.1) is 12.7 Å². The van der Waals surface area contributed by atoms with Crippen molar-refractivity contribution in [3.8, 4) is 0 Å². The number of hydrogen-bond donors (Lipinski definition) is 0. The summed E-state index contributed by atoms with van der Waals surface area (Å²) in [5.41, 5.74) is 2.54. The Balaban J connectivity index is 1.67. The van der Waals surface area contributed by atoms with Gasteiger partial charge in [-0.2, -0.15) is 0 Å². The van der Waals surface area contributed by atoms with Gasteiger partial charge in [0.2, 0.25) is 0 Å². The van der Waals surface area contributed by atoms with Crippen LogP contribution in [0.2, 0.25) is 0 Å². The van der Waals surface area contributed by atoms with Gasteiger partial charge >= 0.3 is 0 Å². The average molecular weight is 331 g/mol. The highest BCUT2D eigenvalue weighted by Gasteiger charge is 2.45. The molecule has 1 aromatic rings. The van der Waals surface area contributed by atoms with E-state index in [1.165, 1.54) is 0 Å². The molecule has 0 aliphatic carbocycles. The van der Waals surface area contributed by atoms with E-state index in [1.807, 2.05) is 30.9 Å². The lowest BCUT2D eigenvalue weighted by atomic mass is 9.92. The minimum atomic E-state index is 0.114. The fraction of sp³-hybridized carbons (Fsp3) is 0.684. The number of carbonyl (C=O) groups excluding carboxylic acids is 1. The van der Waals surface area contributed by atoms with E-state index >= 15 is 0 Å². The zero-order valence-corrected chi connectivity index (χ0v) is 15.3. The van der Waals surface area contributed by atoms with Crippen LogP contribution in [0.1, 0.15) is 35.6 Å². The Morgan fingerprint density at radius 1 is 1.25 bits per heavy atom. The summed E-state index contributed by atoms with van der Waals surface area (Å²) in [6.07, 6.45) is 0.207. The number of pyridine rings is 1. The molecule has 0 saturated carbocycles. The molecule has 0 radical (unpaired) electrons. The molecule has 0 N–H and O–H groups in total. The standard InChI is InChI=1S/C19H29N3O2/c1-5-21(6-2)9-16-12-24-18-11-22(10-17(16)18)19(23)15-7-13(3)20-14(4)8-15/h7-8,16-18H,5-6,9-12H2,1-4H3/t16-,17+,18+/m1/s1. The molecule has 5 heteroatoms. The summed E-state index contributed by atoms with van der Waals surface area (Å²) in [5, 5.41) is 0. The van der Waals surface area contributed by atoms with Crippen LogP contribution in [0.4, 0.5) is 0 Å². The lowest BCUT2D eigenvalue weighted by molar-refractivity contribution is 0.0666. The maximum atomic E-state index is 12.9. The van der Waals surface area contributed by atoms with Crippen molar-refractivity contribution in [2.45, 2.75) is 33.8 Å². The lowest BCUT2D eigenvalue weighted by Crippen LogP contribution is -2.35. The molecular formula is C19H29N3O2. The molecule has 24 heavy (non-hydrogen) atoms. The van der Waals surface area contributed by atoms with Crippen molar-refractivity contribution in [2.24, 2.45) is 11.8 Å². The number of aryl methyl sites for hydroxylation is 2. The number of nitrogens with zero attached hydrogens (tertiary/aromatic N) is 3. The largest absolute Gasteiger partial charge is 0.376 e. The summed E-state index contributed by atoms with van der Waals surface area (Å²) >= 11 is 0.